The molecule has 5 rings (SSSR count). The standard InChI is InChI=1S/C24H24FN9O2.C2H6/c1-24(2,3)23-31-22(36-33-23)21(35)28-10-13-6-5-12(9-15(13)25)14-7-8-27-19-17(14)29-20(30-19)18-16(26)11-34(4)32-18;1-2/h5-9,11H,10,26H2,1-4H3,(H,28,35)(H,27,29,30);1-2H3. The van der Waals surface area contributed by atoms with Crippen LogP contribution in [0.25, 0.3) is 33.8 Å². The summed E-state index contributed by atoms with van der Waals surface area (Å²) in [6.07, 6.45) is 3.29. The van der Waals surface area contributed by atoms with Crippen molar-refractivity contribution in [3.8, 4) is 22.6 Å². The van der Waals surface area contributed by atoms with Crippen molar-refractivity contribution >= 4 is 22.8 Å². The van der Waals surface area contributed by atoms with Crippen molar-refractivity contribution in [2.45, 2.75) is 46.6 Å². The number of carbonyl (C=O) groups is 1. The highest BCUT2D eigenvalue weighted by Crippen LogP contribution is 2.30. The zero-order chi connectivity index (χ0) is 27.6. The number of carbonyl (C=O) groups excluding carboxylic acids is 1. The van der Waals surface area contributed by atoms with E-state index in [-0.39, 0.29) is 17.9 Å². The minimum Gasteiger partial charge on any atom is -0.396 e. The number of nitrogens with two attached hydrogens (primary N) is 1. The Morgan fingerprint density at radius 3 is 2.61 bits per heavy atom. The third kappa shape index (κ3) is 5.24. The number of nitrogens with one attached hydrogen (secondary N) is 2. The largest absolute Gasteiger partial charge is 0.396 e. The summed E-state index contributed by atoms with van der Waals surface area (Å²) in [7, 11) is 1.77. The molecule has 4 heterocycles. The first-order chi connectivity index (χ1) is 18.1. The van der Waals surface area contributed by atoms with Crippen LogP contribution in [0.4, 0.5) is 10.1 Å². The minimum atomic E-state index is -0.573. The first-order valence-corrected chi connectivity index (χ1v) is 12.2. The Labute approximate surface area is 218 Å². The minimum absolute atomic E-state index is 0.0446. The van der Waals surface area contributed by atoms with Crippen LogP contribution in [0, 0.1) is 5.82 Å². The van der Waals surface area contributed by atoms with Crippen LogP contribution >= 0.6 is 0 Å². The molecule has 0 spiro atoms. The Balaban J connectivity index is 0.00000164. The van der Waals surface area contributed by atoms with Crippen LogP contribution in [-0.2, 0) is 19.0 Å². The molecular weight excluding hydrogens is 489 g/mol. The number of hydrogen-bond acceptors (Lipinski definition) is 8. The van der Waals surface area contributed by atoms with Gasteiger partial charge in [-0.15, -0.1) is 0 Å². The summed E-state index contributed by atoms with van der Waals surface area (Å²) >= 11 is 0. The molecule has 198 valence electrons. The second kappa shape index (κ2) is 10.4. The number of rotatable bonds is 5. The number of fused-ring (bicyclic) bond motifs is 1. The number of halogens is 1. The van der Waals surface area contributed by atoms with Gasteiger partial charge in [0, 0.05) is 42.5 Å². The van der Waals surface area contributed by atoms with Crippen molar-refractivity contribution in [3.63, 3.8) is 0 Å². The van der Waals surface area contributed by atoms with Crippen LogP contribution in [0.5, 0.6) is 0 Å². The van der Waals surface area contributed by atoms with Crippen LogP contribution in [0.15, 0.2) is 41.2 Å². The first kappa shape index (κ1) is 26.5. The molecule has 1 aromatic carbocycles. The van der Waals surface area contributed by atoms with Gasteiger partial charge in [0.05, 0.1) is 11.2 Å². The average Bonchev–Trinajstić information content (AvgIpc) is 3.62. The Bertz CT molecular complexity index is 1590. The van der Waals surface area contributed by atoms with E-state index in [9.17, 15) is 4.79 Å². The molecule has 4 aromatic heterocycles. The second-order valence-corrected chi connectivity index (χ2v) is 9.41. The molecule has 11 nitrogen and oxygen atoms in total. The Morgan fingerprint density at radius 2 is 1.97 bits per heavy atom. The molecule has 12 heteroatoms. The predicted molar refractivity (Wildman–Crippen MR) is 141 cm³/mol. The molecule has 0 saturated heterocycles. The highest BCUT2D eigenvalue weighted by atomic mass is 19.1. The molecule has 0 fully saturated rings. The van der Waals surface area contributed by atoms with Crippen LogP contribution in [0.1, 0.15) is 56.7 Å². The Kier molecular flexibility index (Phi) is 7.24. The van der Waals surface area contributed by atoms with Gasteiger partial charge >= 0.3 is 11.8 Å². The van der Waals surface area contributed by atoms with Crippen LogP contribution < -0.4 is 11.1 Å². The molecule has 0 radical (unpaired) electrons. The van der Waals surface area contributed by atoms with Gasteiger partial charge in [-0.2, -0.15) is 10.1 Å². The van der Waals surface area contributed by atoms with Gasteiger partial charge in [0.15, 0.2) is 23.0 Å². The van der Waals surface area contributed by atoms with E-state index in [1.54, 1.807) is 42.3 Å². The van der Waals surface area contributed by atoms with E-state index in [2.05, 4.69) is 35.5 Å². The summed E-state index contributed by atoms with van der Waals surface area (Å²) in [5.41, 5.74) is 9.38. The van der Waals surface area contributed by atoms with Gasteiger partial charge in [0.1, 0.15) is 5.82 Å². The maximum atomic E-state index is 15.0. The van der Waals surface area contributed by atoms with Crippen molar-refractivity contribution in [1.82, 2.24) is 40.2 Å². The van der Waals surface area contributed by atoms with Crippen molar-refractivity contribution in [2.24, 2.45) is 7.05 Å². The van der Waals surface area contributed by atoms with Gasteiger partial charge in [-0.1, -0.05) is 51.9 Å². The second-order valence-electron chi connectivity index (χ2n) is 9.41. The lowest BCUT2D eigenvalue weighted by atomic mass is 9.96. The molecule has 0 aliphatic carbocycles. The number of amides is 1. The van der Waals surface area contributed by atoms with E-state index in [4.69, 9.17) is 10.3 Å². The quantitative estimate of drug-likeness (QED) is 0.309. The van der Waals surface area contributed by atoms with Gasteiger partial charge in [-0.25, -0.2) is 14.4 Å². The zero-order valence-corrected chi connectivity index (χ0v) is 22.1. The van der Waals surface area contributed by atoms with Crippen molar-refractivity contribution in [3.05, 3.63) is 59.8 Å². The number of aromatic amines is 1. The van der Waals surface area contributed by atoms with Crippen LogP contribution in [0.3, 0.4) is 0 Å². The van der Waals surface area contributed by atoms with Crippen LogP contribution in [0.2, 0.25) is 0 Å². The number of hydrogen-bond donors (Lipinski definition) is 3. The van der Waals surface area contributed by atoms with E-state index in [0.29, 0.717) is 50.9 Å². The average molecular weight is 520 g/mol. The van der Waals surface area contributed by atoms with Crippen LogP contribution in [-0.4, -0.2) is 40.8 Å². The highest BCUT2D eigenvalue weighted by Gasteiger charge is 2.24. The number of aromatic nitrogens is 7. The van der Waals surface area contributed by atoms with Crippen molar-refractivity contribution in [1.29, 1.82) is 0 Å². The monoisotopic (exact) mass is 519 g/mol. The van der Waals surface area contributed by atoms with Gasteiger partial charge in [-0.3, -0.25) is 9.48 Å². The molecule has 0 bridgehead atoms. The van der Waals surface area contributed by atoms with Crippen molar-refractivity contribution in [2.75, 3.05) is 5.73 Å². The third-order valence-electron chi connectivity index (χ3n) is 5.57. The summed E-state index contributed by atoms with van der Waals surface area (Å²) in [5.74, 6) is -0.332. The fraction of sp³-hybridized carbons (Fsp3) is 0.308. The summed E-state index contributed by atoms with van der Waals surface area (Å²) < 4.78 is 21.6. The Morgan fingerprint density at radius 1 is 1.21 bits per heavy atom. The van der Waals surface area contributed by atoms with Crippen molar-refractivity contribution < 1.29 is 13.7 Å². The number of H-pyrrole nitrogens is 1. The van der Waals surface area contributed by atoms with Gasteiger partial charge in [0.25, 0.3) is 0 Å². The summed E-state index contributed by atoms with van der Waals surface area (Å²) in [4.78, 5) is 28.5. The molecule has 1 amide bonds. The number of nitrogens with zero attached hydrogens (tertiary/aromatic N) is 6. The normalized spacial score (nSPS) is 11.3. The van der Waals surface area contributed by atoms with E-state index in [1.165, 1.54) is 6.07 Å². The van der Waals surface area contributed by atoms with E-state index >= 15 is 4.39 Å². The molecule has 0 aliphatic rings. The molecule has 0 aliphatic heterocycles. The highest BCUT2D eigenvalue weighted by molar-refractivity contribution is 5.92. The summed E-state index contributed by atoms with van der Waals surface area (Å²) in [5, 5.41) is 10.8. The summed E-state index contributed by atoms with van der Waals surface area (Å²) in [6, 6.07) is 6.54. The fourth-order valence-electron chi connectivity index (χ4n) is 3.68. The molecule has 4 N–H and O–H groups in total. The number of anilines is 1. The lowest BCUT2D eigenvalue weighted by molar-refractivity contribution is 0.0906. The molecule has 5 aromatic rings. The van der Waals surface area contributed by atoms with E-state index in [1.807, 2.05) is 34.6 Å². The number of benzene rings is 1. The SMILES string of the molecule is CC.Cn1cc(N)c(-c2nc3nccc(-c4ccc(CNC(=O)c5nc(C(C)(C)C)no5)c(F)c4)c3[nH]2)n1. The lowest BCUT2D eigenvalue weighted by Crippen LogP contribution is -2.24. The number of aryl methyl sites for hydroxylation is 1. The van der Waals surface area contributed by atoms with E-state index < -0.39 is 11.7 Å². The number of nitrogen functional groups attached to an aromatic ring is 1. The fourth-order valence-corrected chi connectivity index (χ4v) is 3.68. The maximum absolute atomic E-state index is 15.0. The zero-order valence-electron chi connectivity index (χ0n) is 22.1. The number of imidazole rings is 1. The molecule has 0 atom stereocenters. The predicted octanol–water partition coefficient (Wildman–Crippen LogP) is 4.38. The van der Waals surface area contributed by atoms with E-state index in [0.717, 1.165) is 0 Å². The smallest absolute Gasteiger partial charge is 0.315 e. The lowest BCUT2D eigenvalue weighted by Gasteiger charge is -2.10. The Hall–Kier alpha value is -4.61. The molecule has 0 saturated carbocycles. The third-order valence-corrected chi connectivity index (χ3v) is 5.57. The topological polar surface area (TPSA) is 153 Å². The molecular formula is C26H30FN9O2. The maximum Gasteiger partial charge on any atom is 0.315 e. The molecule has 0 unspecified atom stereocenters. The molecule has 38 heavy (non-hydrogen) atoms. The van der Waals surface area contributed by atoms with Gasteiger partial charge in [0.2, 0.25) is 0 Å². The summed E-state index contributed by atoms with van der Waals surface area (Å²) in [6.45, 7) is 9.68. The van der Waals surface area contributed by atoms with Gasteiger partial charge < -0.3 is 20.6 Å². The number of pyridine rings is 1. The van der Waals surface area contributed by atoms with Gasteiger partial charge in [-0.05, 0) is 17.7 Å². The first-order valence-electron chi connectivity index (χ1n) is 12.2.